The maximum Gasteiger partial charge on any atom is 0.224 e. The van der Waals surface area contributed by atoms with Crippen LogP contribution in [0.3, 0.4) is 0 Å². The molecule has 6 nitrogen and oxygen atoms in total. The van der Waals surface area contributed by atoms with Crippen LogP contribution in [0, 0.1) is 5.92 Å². The van der Waals surface area contributed by atoms with Crippen molar-refractivity contribution in [1.82, 2.24) is 14.5 Å². The van der Waals surface area contributed by atoms with E-state index < -0.39 is 0 Å². The molecule has 3 rings (SSSR count). The minimum Gasteiger partial charge on any atom is -0.381 e. The lowest BCUT2D eigenvalue weighted by Crippen LogP contribution is -2.23. The highest BCUT2D eigenvalue weighted by Crippen LogP contribution is 2.18. The molecule has 1 unspecified atom stereocenters. The summed E-state index contributed by atoms with van der Waals surface area (Å²) in [5.74, 6) is 1.12. The van der Waals surface area contributed by atoms with Gasteiger partial charge in [0, 0.05) is 32.0 Å². The normalized spacial score (nSPS) is 18.4. The largest absolute Gasteiger partial charge is 0.381 e. The molecule has 1 atom stereocenters. The SMILES string of the molecule is O=C(CC1CCCOC1)Nc1ccc(-n2ccnc2)nc1. The Labute approximate surface area is 123 Å². The molecule has 0 saturated carbocycles. The van der Waals surface area contributed by atoms with Gasteiger partial charge in [0.1, 0.15) is 12.1 Å². The fourth-order valence-electron chi connectivity index (χ4n) is 2.45. The molecule has 0 aromatic carbocycles. The van der Waals surface area contributed by atoms with Gasteiger partial charge < -0.3 is 10.1 Å². The monoisotopic (exact) mass is 286 g/mol. The molecule has 0 radical (unpaired) electrons. The number of carbonyl (C=O) groups is 1. The number of ether oxygens (including phenoxy) is 1. The third-order valence-electron chi connectivity index (χ3n) is 3.53. The van der Waals surface area contributed by atoms with Crippen molar-refractivity contribution in [2.45, 2.75) is 19.3 Å². The van der Waals surface area contributed by atoms with E-state index in [0.717, 1.165) is 25.3 Å². The molecular weight excluding hydrogens is 268 g/mol. The van der Waals surface area contributed by atoms with Gasteiger partial charge in [-0.3, -0.25) is 9.36 Å². The van der Waals surface area contributed by atoms with E-state index in [0.29, 0.717) is 24.6 Å². The van der Waals surface area contributed by atoms with E-state index >= 15 is 0 Å². The van der Waals surface area contributed by atoms with Gasteiger partial charge in [0.05, 0.1) is 11.9 Å². The number of nitrogens with zero attached hydrogens (tertiary/aromatic N) is 3. The summed E-state index contributed by atoms with van der Waals surface area (Å²) in [5, 5.41) is 2.88. The van der Waals surface area contributed by atoms with E-state index in [1.165, 1.54) is 0 Å². The van der Waals surface area contributed by atoms with Crippen molar-refractivity contribution in [2.24, 2.45) is 5.92 Å². The highest BCUT2D eigenvalue weighted by Gasteiger charge is 2.17. The Morgan fingerprint density at radius 1 is 1.48 bits per heavy atom. The van der Waals surface area contributed by atoms with Crippen molar-refractivity contribution >= 4 is 11.6 Å². The number of amides is 1. The van der Waals surface area contributed by atoms with Crippen molar-refractivity contribution in [3.8, 4) is 5.82 Å². The maximum atomic E-state index is 12.0. The van der Waals surface area contributed by atoms with Gasteiger partial charge in [0.15, 0.2) is 0 Å². The first kappa shape index (κ1) is 13.8. The summed E-state index contributed by atoms with van der Waals surface area (Å²) < 4.78 is 7.20. The van der Waals surface area contributed by atoms with Crippen molar-refractivity contribution in [3.05, 3.63) is 37.1 Å². The molecule has 0 bridgehead atoms. The van der Waals surface area contributed by atoms with Crippen LogP contribution in [0.5, 0.6) is 0 Å². The molecular formula is C15H18N4O2. The van der Waals surface area contributed by atoms with E-state index in [4.69, 9.17) is 4.74 Å². The average Bonchev–Trinajstić information content (AvgIpc) is 3.03. The lowest BCUT2D eigenvalue weighted by Gasteiger charge is -2.21. The topological polar surface area (TPSA) is 69.0 Å². The second-order valence-corrected chi connectivity index (χ2v) is 5.21. The van der Waals surface area contributed by atoms with Crippen LogP contribution in [-0.2, 0) is 9.53 Å². The molecule has 1 saturated heterocycles. The highest BCUT2D eigenvalue weighted by molar-refractivity contribution is 5.90. The molecule has 1 fully saturated rings. The number of aromatic nitrogens is 3. The Morgan fingerprint density at radius 3 is 3.10 bits per heavy atom. The van der Waals surface area contributed by atoms with E-state index in [2.05, 4.69) is 15.3 Å². The second kappa shape index (κ2) is 6.49. The summed E-state index contributed by atoms with van der Waals surface area (Å²) in [6.07, 6.45) is 9.47. The quantitative estimate of drug-likeness (QED) is 0.933. The summed E-state index contributed by atoms with van der Waals surface area (Å²) >= 11 is 0. The van der Waals surface area contributed by atoms with Gasteiger partial charge in [-0.15, -0.1) is 0 Å². The first-order valence-electron chi connectivity index (χ1n) is 7.13. The molecule has 3 heterocycles. The molecule has 1 amide bonds. The van der Waals surface area contributed by atoms with Gasteiger partial charge in [0.25, 0.3) is 0 Å². The number of nitrogens with one attached hydrogen (secondary N) is 1. The predicted molar refractivity (Wildman–Crippen MR) is 78.1 cm³/mol. The van der Waals surface area contributed by atoms with E-state index in [-0.39, 0.29) is 5.91 Å². The van der Waals surface area contributed by atoms with Crippen molar-refractivity contribution in [2.75, 3.05) is 18.5 Å². The summed E-state index contributed by atoms with van der Waals surface area (Å²) in [4.78, 5) is 20.3. The number of imidazole rings is 1. The predicted octanol–water partition coefficient (Wildman–Crippen LogP) is 2.02. The third-order valence-corrected chi connectivity index (χ3v) is 3.53. The lowest BCUT2D eigenvalue weighted by atomic mass is 9.98. The zero-order valence-corrected chi connectivity index (χ0v) is 11.7. The molecule has 21 heavy (non-hydrogen) atoms. The van der Waals surface area contributed by atoms with E-state index in [1.54, 1.807) is 18.7 Å². The number of rotatable bonds is 4. The smallest absolute Gasteiger partial charge is 0.224 e. The lowest BCUT2D eigenvalue weighted by molar-refractivity contribution is -0.118. The average molecular weight is 286 g/mol. The van der Waals surface area contributed by atoms with Crippen molar-refractivity contribution in [3.63, 3.8) is 0 Å². The van der Waals surface area contributed by atoms with Crippen molar-refractivity contribution < 1.29 is 9.53 Å². The van der Waals surface area contributed by atoms with Crippen LogP contribution in [0.2, 0.25) is 0 Å². The summed E-state index contributed by atoms with van der Waals surface area (Å²) in [7, 11) is 0. The molecule has 1 aliphatic rings. The molecule has 2 aromatic rings. The standard InChI is InChI=1S/C15H18N4O2/c20-15(8-12-2-1-7-21-10-12)18-13-3-4-14(17-9-13)19-6-5-16-11-19/h3-6,9,11-12H,1-2,7-8,10H2,(H,18,20). The number of carbonyl (C=O) groups excluding carboxylic acids is 1. The number of hydrogen-bond donors (Lipinski definition) is 1. The van der Waals surface area contributed by atoms with Crippen LogP contribution in [0.25, 0.3) is 5.82 Å². The minimum absolute atomic E-state index is 0.0164. The van der Waals surface area contributed by atoms with Crippen LogP contribution in [-0.4, -0.2) is 33.7 Å². The molecule has 0 spiro atoms. The van der Waals surface area contributed by atoms with Gasteiger partial charge in [-0.25, -0.2) is 9.97 Å². The van der Waals surface area contributed by atoms with E-state index in [1.807, 2.05) is 22.9 Å². The molecule has 2 aromatic heterocycles. The van der Waals surface area contributed by atoms with Crippen LogP contribution in [0.1, 0.15) is 19.3 Å². The van der Waals surface area contributed by atoms with Crippen molar-refractivity contribution in [1.29, 1.82) is 0 Å². The maximum absolute atomic E-state index is 12.0. The van der Waals surface area contributed by atoms with Gasteiger partial charge in [0.2, 0.25) is 5.91 Å². The fraction of sp³-hybridized carbons (Fsp3) is 0.400. The zero-order chi connectivity index (χ0) is 14.5. The summed E-state index contributed by atoms with van der Waals surface area (Å²) in [6, 6.07) is 3.69. The molecule has 1 N–H and O–H groups in total. The highest BCUT2D eigenvalue weighted by atomic mass is 16.5. The van der Waals surface area contributed by atoms with Gasteiger partial charge in [-0.05, 0) is 30.9 Å². The van der Waals surface area contributed by atoms with Crippen LogP contribution >= 0.6 is 0 Å². The number of anilines is 1. The molecule has 110 valence electrons. The Bertz CT molecular complexity index is 574. The first-order valence-corrected chi connectivity index (χ1v) is 7.13. The molecule has 6 heteroatoms. The van der Waals surface area contributed by atoms with Gasteiger partial charge in [-0.1, -0.05) is 0 Å². The van der Waals surface area contributed by atoms with E-state index in [9.17, 15) is 4.79 Å². The second-order valence-electron chi connectivity index (χ2n) is 5.21. The fourth-order valence-corrected chi connectivity index (χ4v) is 2.45. The molecule has 1 aliphatic heterocycles. The first-order chi connectivity index (χ1) is 10.3. The van der Waals surface area contributed by atoms with Crippen LogP contribution in [0.4, 0.5) is 5.69 Å². The van der Waals surface area contributed by atoms with Gasteiger partial charge >= 0.3 is 0 Å². The summed E-state index contributed by atoms with van der Waals surface area (Å²) in [6.45, 7) is 1.50. The number of hydrogen-bond acceptors (Lipinski definition) is 4. The minimum atomic E-state index is 0.0164. The molecule has 0 aliphatic carbocycles. The third kappa shape index (κ3) is 3.66. The Balaban J connectivity index is 1.56. The van der Waals surface area contributed by atoms with Crippen LogP contribution < -0.4 is 5.32 Å². The Hall–Kier alpha value is -2.21. The Morgan fingerprint density at radius 2 is 2.43 bits per heavy atom. The Kier molecular flexibility index (Phi) is 4.25. The summed E-state index contributed by atoms with van der Waals surface area (Å²) in [5.41, 5.74) is 0.709. The zero-order valence-electron chi connectivity index (χ0n) is 11.7. The van der Waals surface area contributed by atoms with Gasteiger partial charge in [-0.2, -0.15) is 0 Å². The van der Waals surface area contributed by atoms with Crippen LogP contribution in [0.15, 0.2) is 37.1 Å². The number of pyridine rings is 1.